The monoisotopic (exact) mass is 1740 g/mol. The molecule has 0 aromatic heterocycles. The highest BCUT2D eigenvalue weighted by molar-refractivity contribution is 5.74. The molecule has 9 aliphatic rings. The van der Waals surface area contributed by atoms with E-state index in [1.165, 1.54) is 0 Å². The van der Waals surface area contributed by atoms with Crippen molar-refractivity contribution in [2.75, 3.05) is 72.7 Å². The summed E-state index contributed by atoms with van der Waals surface area (Å²) < 4.78 is 106. The smallest absolute Gasteiger partial charge is 0.217 e. The third-order valence-electron chi connectivity index (χ3n) is 21.3. The Morgan fingerprint density at radius 2 is 0.538 bits per heavy atom. The molecule has 0 aliphatic carbocycles. The maximum absolute atomic E-state index is 13.2. The van der Waals surface area contributed by atoms with E-state index in [0.29, 0.717) is 0 Å². The van der Waals surface area contributed by atoms with Crippen molar-refractivity contribution in [1.82, 2.24) is 26.6 Å². The van der Waals surface area contributed by atoms with Crippen molar-refractivity contribution in [1.29, 1.82) is 0 Å². The van der Waals surface area contributed by atoms with E-state index in [2.05, 4.69) is 26.6 Å². The quantitative estimate of drug-likeness (QED) is 0.0262. The standard InChI is InChI=1S/C66H111N5O48/c1-17(82)68-31-40(91)35(86)22(6-73)104-58(31)103-15-30-39(90)57(119-61-32(69-18(2)83)41(92)51(26(10-77)108-61)113-63-46(97)44(95)36(87)23(7-74)105-63)50(101)66(112-30)115-53-28(12-79)110-60(34(43(53)94)71-20(4)85)117-55-37(88)24(8-75)106-64(48(55)99)114-52-27(11-78)109-59(33(42(52)93)70-19(3)84)118-56-38(89)25(9-76)107-65(49(56)100)116-54-29(13-80)111-62(47(98)45(54)96)102-14-21(5-72)67-16-81/h16,21-66,72-80,86-101H,5-15H2,1-4H3,(H,67,81)(H,68,82)(H,69,83)(H,70,84)(H,71,85)/t21-,22-,23-,24-,25-,26-,27-,28-,29-,30-,31-,32-,33-,34-,35-,36+,37+,38+,39+,40-,41-,42-,43-,44+,45-,46-,47-,48-,49-,50-,51-,52-,53-,54-,55+,56+,57+,58-,59+,60+,61+,62-,63+,64+,65+,66+/m1/s1. The zero-order valence-corrected chi connectivity index (χ0v) is 64.0. The third kappa shape index (κ3) is 22.5. The molecule has 0 unspecified atom stereocenters. The first kappa shape index (κ1) is 98.4. The third-order valence-corrected chi connectivity index (χ3v) is 21.3. The molecular formula is C66H111N5O48. The fraction of sp³-hybridized carbons (Fsp3) is 0.924. The van der Waals surface area contributed by atoms with E-state index in [-0.39, 0.29) is 6.41 Å². The van der Waals surface area contributed by atoms with E-state index >= 15 is 0 Å². The Bertz CT molecular complexity index is 3160. The number of hydrogen-bond acceptors (Lipinski definition) is 48. The normalized spacial score (nSPS) is 46.9. The molecule has 0 bridgehead atoms. The van der Waals surface area contributed by atoms with Gasteiger partial charge in [0.15, 0.2) is 56.6 Å². The minimum atomic E-state index is -2.46. The zero-order chi connectivity index (χ0) is 87.6. The molecule has 30 N–H and O–H groups in total. The molecule has 5 amide bonds. The molecule has 9 heterocycles. The van der Waals surface area contributed by atoms with Gasteiger partial charge in [-0.2, -0.15) is 0 Å². The van der Waals surface area contributed by atoms with Gasteiger partial charge in [0.2, 0.25) is 30.0 Å². The second-order valence-corrected chi connectivity index (χ2v) is 29.6. The maximum Gasteiger partial charge on any atom is 0.217 e. The molecule has 688 valence electrons. The minimum Gasteiger partial charge on any atom is -0.394 e. The van der Waals surface area contributed by atoms with Gasteiger partial charge in [-0.25, -0.2) is 0 Å². The lowest BCUT2D eigenvalue weighted by molar-refractivity contribution is -0.390. The summed E-state index contributed by atoms with van der Waals surface area (Å²) in [5, 5.41) is 289. The summed E-state index contributed by atoms with van der Waals surface area (Å²) in [6.45, 7) is -6.95. The molecule has 9 aliphatic heterocycles. The Kier molecular flexibility index (Phi) is 36.5. The highest BCUT2D eigenvalue weighted by Crippen LogP contribution is 2.40. The van der Waals surface area contributed by atoms with Crippen molar-refractivity contribution < 1.29 is 237 Å². The van der Waals surface area contributed by atoms with Crippen LogP contribution < -0.4 is 26.6 Å². The molecule has 119 heavy (non-hydrogen) atoms. The SMILES string of the molecule is CC(=O)N[C@H]1[C@H](O[C@H]2[C@@H](O)[C@@H](CO[C@@H]3O[C@H](CO)[C@@H](O)[C@H](O)[C@H]3NC(C)=O)O[C@@H](O[C@H]3[C@H](O)[C@@H](NC(C)=O)[C@H](O[C@H]4[C@@H](O)[C@@H](CO)O[C@@H](O[C@H]5[C@H](O)[C@@H](NC(C)=O)[C@H](O[C@H]6[C@@H](O)[C@@H](CO)O[C@@H](O[C@H]7[C@H](O)[C@@H](O)[C@H](OC[C@@H](CO)NC=O)O[C@@H]7CO)[C@@H]6O)O[C@@H]5CO)[C@@H]4O)O[C@@H]3CO)[C@@H]2O)O[C@H](CO)[C@@H](O[C@@H]2O[C@H](CO)[C@H](O)[C@H](O)[C@H]2O)[C@@H]1O. The number of hydrogen-bond donors (Lipinski definition) is 30. The topological polar surface area (TPSA) is 817 Å². The first-order valence-electron chi connectivity index (χ1n) is 37.8. The average molecular weight is 1740 g/mol. The van der Waals surface area contributed by atoms with Crippen LogP contribution in [0.5, 0.6) is 0 Å². The van der Waals surface area contributed by atoms with E-state index < -0.39 is 378 Å². The lowest BCUT2D eigenvalue weighted by Crippen LogP contribution is -2.71. The molecule has 0 saturated carbocycles. The average Bonchev–Trinajstić information content (AvgIpc) is 0.766. The van der Waals surface area contributed by atoms with E-state index in [0.717, 1.165) is 27.7 Å². The number of aliphatic hydroxyl groups is 25. The molecular weight excluding hydrogens is 1630 g/mol. The second-order valence-electron chi connectivity index (χ2n) is 29.6. The molecule has 46 atom stereocenters. The predicted octanol–water partition coefficient (Wildman–Crippen LogP) is -20.9. The van der Waals surface area contributed by atoms with Crippen molar-refractivity contribution in [3.05, 3.63) is 0 Å². The number of carbonyl (C=O) groups is 5. The fourth-order valence-electron chi connectivity index (χ4n) is 15.1. The summed E-state index contributed by atoms with van der Waals surface area (Å²) in [6.07, 6.45) is -83.4. The number of ether oxygens (including phenoxy) is 18. The van der Waals surface area contributed by atoms with Gasteiger partial charge in [0, 0.05) is 27.7 Å². The summed E-state index contributed by atoms with van der Waals surface area (Å²) >= 11 is 0. The van der Waals surface area contributed by atoms with E-state index in [1.807, 2.05) is 0 Å². The van der Waals surface area contributed by atoms with E-state index in [9.17, 15) is 152 Å². The van der Waals surface area contributed by atoms with Crippen LogP contribution in [0, 0.1) is 0 Å². The minimum absolute atomic E-state index is 0.252. The predicted molar refractivity (Wildman–Crippen MR) is 367 cm³/mol. The van der Waals surface area contributed by atoms with Gasteiger partial charge in [-0.1, -0.05) is 0 Å². The zero-order valence-electron chi connectivity index (χ0n) is 64.0. The van der Waals surface area contributed by atoms with E-state index in [4.69, 9.17) is 85.3 Å². The summed E-state index contributed by atoms with van der Waals surface area (Å²) in [5.41, 5.74) is 0. The van der Waals surface area contributed by atoms with Crippen molar-refractivity contribution >= 4 is 30.0 Å². The highest BCUT2D eigenvalue weighted by Gasteiger charge is 2.61. The first-order chi connectivity index (χ1) is 56.5. The van der Waals surface area contributed by atoms with Gasteiger partial charge in [0.05, 0.1) is 78.7 Å². The van der Waals surface area contributed by atoms with Crippen LogP contribution in [0.15, 0.2) is 0 Å². The van der Waals surface area contributed by atoms with Crippen LogP contribution >= 0.6 is 0 Å². The summed E-state index contributed by atoms with van der Waals surface area (Å²) in [6, 6.07) is -8.54. The number of carbonyl (C=O) groups excluding carboxylic acids is 5. The molecule has 53 heteroatoms. The lowest BCUT2D eigenvalue weighted by Gasteiger charge is -2.51. The molecule has 9 fully saturated rings. The number of nitrogens with one attached hydrogen (secondary N) is 5. The van der Waals surface area contributed by atoms with Crippen LogP contribution in [-0.4, -0.2) is 513 Å². The Morgan fingerprint density at radius 3 is 0.866 bits per heavy atom. The van der Waals surface area contributed by atoms with Crippen LogP contribution in [0.2, 0.25) is 0 Å². The Morgan fingerprint density at radius 1 is 0.277 bits per heavy atom. The van der Waals surface area contributed by atoms with Gasteiger partial charge < -0.3 is 240 Å². The maximum atomic E-state index is 13.2. The molecule has 53 nitrogen and oxygen atoms in total. The molecule has 0 aromatic carbocycles. The first-order valence-corrected chi connectivity index (χ1v) is 37.8. The largest absolute Gasteiger partial charge is 0.394 e. The second kappa shape index (κ2) is 44.2. The lowest BCUT2D eigenvalue weighted by atomic mass is 9.93. The summed E-state index contributed by atoms with van der Waals surface area (Å²) in [7, 11) is 0. The van der Waals surface area contributed by atoms with Crippen molar-refractivity contribution in [2.24, 2.45) is 0 Å². The number of amides is 5. The van der Waals surface area contributed by atoms with E-state index in [1.54, 1.807) is 0 Å². The van der Waals surface area contributed by atoms with Crippen LogP contribution in [0.1, 0.15) is 27.7 Å². The molecule has 0 radical (unpaired) electrons. The Balaban J connectivity index is 0.946. The Hall–Kier alpha value is -4.37. The molecule has 9 saturated heterocycles. The molecule has 0 spiro atoms. The van der Waals surface area contributed by atoms with Crippen molar-refractivity contribution in [3.63, 3.8) is 0 Å². The summed E-state index contributed by atoms with van der Waals surface area (Å²) in [4.78, 5) is 62.4. The van der Waals surface area contributed by atoms with Gasteiger partial charge in [0.1, 0.15) is 219 Å². The number of aliphatic hydroxyl groups excluding tert-OH is 25. The molecule has 9 rings (SSSR count). The van der Waals surface area contributed by atoms with Crippen molar-refractivity contribution in [3.8, 4) is 0 Å². The number of rotatable bonds is 35. The van der Waals surface area contributed by atoms with Crippen LogP contribution in [0.25, 0.3) is 0 Å². The molecule has 0 aromatic rings. The van der Waals surface area contributed by atoms with Crippen LogP contribution in [-0.2, 0) is 109 Å². The van der Waals surface area contributed by atoms with Crippen LogP contribution in [0.4, 0.5) is 0 Å². The fourth-order valence-corrected chi connectivity index (χ4v) is 15.1. The van der Waals surface area contributed by atoms with Gasteiger partial charge in [0.25, 0.3) is 0 Å². The van der Waals surface area contributed by atoms with Gasteiger partial charge in [-0.15, -0.1) is 0 Å². The summed E-state index contributed by atoms with van der Waals surface area (Å²) in [5.74, 6) is -3.69. The van der Waals surface area contributed by atoms with Crippen molar-refractivity contribution in [2.45, 2.75) is 310 Å². The Labute approximate surface area is 674 Å². The van der Waals surface area contributed by atoms with Crippen LogP contribution in [0.3, 0.4) is 0 Å². The van der Waals surface area contributed by atoms with Gasteiger partial charge >= 0.3 is 0 Å². The van der Waals surface area contributed by atoms with Gasteiger partial charge in [-0.05, 0) is 0 Å². The van der Waals surface area contributed by atoms with Gasteiger partial charge in [-0.3, -0.25) is 24.0 Å². The highest BCUT2D eigenvalue weighted by atomic mass is 16.8.